The Kier molecular flexibility index (Phi) is 2.28. The molecule has 0 unspecified atom stereocenters. The molecule has 0 spiro atoms. The quantitative estimate of drug-likeness (QED) is 0.655. The fourth-order valence-corrected chi connectivity index (χ4v) is 0.561. The lowest BCUT2D eigenvalue weighted by molar-refractivity contribution is 1.08. The molecule has 0 aliphatic heterocycles. The molecule has 2 nitrogen and oxygen atoms in total. The number of halogens is 1. The topological polar surface area (TPSA) is 38.4 Å². The highest BCUT2D eigenvalue weighted by molar-refractivity contribution is 9.12. The van der Waals surface area contributed by atoms with E-state index in [-0.39, 0.29) is 0 Å². The Labute approximate surface area is 63.0 Å². The van der Waals surface area contributed by atoms with E-state index in [0.717, 1.165) is 4.48 Å². The average molecular weight is 189 g/mol. The molecule has 1 saturated carbocycles. The largest absolute Gasteiger partial charge is 0.404 e. The maximum atomic E-state index is 5.18. The number of hydrogen-bond acceptors (Lipinski definition) is 2. The lowest BCUT2D eigenvalue weighted by atomic mass is 10.6. The smallest absolute Gasteiger partial charge is 0.0508 e. The molecule has 0 bridgehead atoms. The van der Waals surface area contributed by atoms with E-state index in [1.807, 2.05) is 0 Å². The summed E-state index contributed by atoms with van der Waals surface area (Å²) in [7, 11) is 0. The van der Waals surface area contributed by atoms with Crippen LogP contribution in [0.25, 0.3) is 0 Å². The van der Waals surface area contributed by atoms with E-state index in [1.165, 1.54) is 19.0 Å². The van der Waals surface area contributed by atoms with Gasteiger partial charge in [0.2, 0.25) is 0 Å². The summed E-state index contributed by atoms with van der Waals surface area (Å²) in [6.45, 7) is 0. The minimum atomic E-state index is 0.581. The lowest BCUT2D eigenvalue weighted by Gasteiger charge is -1.83. The molecule has 9 heavy (non-hydrogen) atoms. The van der Waals surface area contributed by atoms with Gasteiger partial charge in [0.1, 0.15) is 0 Å². The Bertz CT molecular complexity index is 147. The van der Waals surface area contributed by atoms with Crippen LogP contribution in [-0.4, -0.2) is 12.3 Å². The predicted octanol–water partition coefficient (Wildman–Crippen LogP) is 1.41. The lowest BCUT2D eigenvalue weighted by Crippen LogP contribution is -1.83. The standard InChI is InChI=1S/C6H9BrN2/c7-5(3-8)4-9-6-1-2-6/h3-4,6H,1-2,8H2. The van der Waals surface area contributed by atoms with Crippen molar-refractivity contribution in [2.24, 2.45) is 10.7 Å². The van der Waals surface area contributed by atoms with E-state index in [1.54, 1.807) is 6.21 Å². The van der Waals surface area contributed by atoms with Crippen LogP contribution >= 0.6 is 15.9 Å². The van der Waals surface area contributed by atoms with Crippen molar-refractivity contribution in [3.63, 3.8) is 0 Å². The molecule has 50 valence electrons. The first-order valence-electron chi connectivity index (χ1n) is 2.93. The minimum absolute atomic E-state index is 0.581. The number of rotatable bonds is 2. The molecule has 1 aliphatic carbocycles. The van der Waals surface area contributed by atoms with E-state index in [0.29, 0.717) is 6.04 Å². The highest BCUT2D eigenvalue weighted by Crippen LogP contribution is 2.23. The monoisotopic (exact) mass is 188 g/mol. The summed E-state index contributed by atoms with van der Waals surface area (Å²) < 4.78 is 0.856. The first kappa shape index (κ1) is 6.81. The second kappa shape index (κ2) is 3.01. The van der Waals surface area contributed by atoms with Crippen LogP contribution in [0.3, 0.4) is 0 Å². The summed E-state index contributed by atoms with van der Waals surface area (Å²) in [5.41, 5.74) is 5.18. The molecule has 2 N–H and O–H groups in total. The Hall–Kier alpha value is -0.310. The highest BCUT2D eigenvalue weighted by Gasteiger charge is 2.18. The van der Waals surface area contributed by atoms with Gasteiger partial charge in [0.25, 0.3) is 0 Å². The summed E-state index contributed by atoms with van der Waals surface area (Å²) in [5, 5.41) is 0. The van der Waals surface area contributed by atoms with Crippen molar-refractivity contribution < 1.29 is 0 Å². The third kappa shape index (κ3) is 2.65. The maximum Gasteiger partial charge on any atom is 0.0508 e. The molecule has 0 aromatic carbocycles. The van der Waals surface area contributed by atoms with Crippen LogP contribution in [0.4, 0.5) is 0 Å². The first-order chi connectivity index (χ1) is 4.33. The Balaban J connectivity index is 2.29. The van der Waals surface area contributed by atoms with Crippen LogP contribution in [0.1, 0.15) is 12.8 Å². The molecule has 0 aromatic rings. The van der Waals surface area contributed by atoms with Gasteiger partial charge >= 0.3 is 0 Å². The van der Waals surface area contributed by atoms with E-state index in [4.69, 9.17) is 5.73 Å². The number of nitrogens with two attached hydrogens (primary N) is 1. The zero-order chi connectivity index (χ0) is 6.69. The van der Waals surface area contributed by atoms with E-state index >= 15 is 0 Å². The molecular formula is C6H9BrN2. The highest BCUT2D eigenvalue weighted by atomic mass is 79.9. The zero-order valence-electron chi connectivity index (χ0n) is 5.05. The first-order valence-corrected chi connectivity index (χ1v) is 3.73. The van der Waals surface area contributed by atoms with Gasteiger partial charge in [-0.25, -0.2) is 0 Å². The number of hydrogen-bond donors (Lipinski definition) is 1. The average Bonchev–Trinajstić information content (AvgIpc) is 2.65. The van der Waals surface area contributed by atoms with Gasteiger partial charge in [-0.15, -0.1) is 0 Å². The zero-order valence-corrected chi connectivity index (χ0v) is 6.63. The molecule has 0 heterocycles. The number of nitrogens with zero attached hydrogens (tertiary/aromatic N) is 1. The van der Waals surface area contributed by atoms with Crippen molar-refractivity contribution in [2.45, 2.75) is 18.9 Å². The van der Waals surface area contributed by atoms with Crippen LogP contribution in [0.15, 0.2) is 15.7 Å². The van der Waals surface area contributed by atoms with Crippen molar-refractivity contribution in [3.05, 3.63) is 10.7 Å². The Morgan fingerprint density at radius 1 is 1.67 bits per heavy atom. The molecule has 0 atom stereocenters. The summed E-state index contributed by atoms with van der Waals surface area (Å²) in [6.07, 6.45) is 5.73. The molecule has 3 heteroatoms. The molecule has 1 aliphatic rings. The van der Waals surface area contributed by atoms with Gasteiger partial charge in [0, 0.05) is 12.4 Å². The fraction of sp³-hybridized carbons (Fsp3) is 0.500. The van der Waals surface area contributed by atoms with Gasteiger partial charge in [-0.1, -0.05) is 0 Å². The normalized spacial score (nSPS) is 21.2. The van der Waals surface area contributed by atoms with Crippen LogP contribution in [0, 0.1) is 0 Å². The van der Waals surface area contributed by atoms with Crippen molar-refractivity contribution in [3.8, 4) is 0 Å². The Morgan fingerprint density at radius 3 is 2.78 bits per heavy atom. The second-order valence-electron chi connectivity index (χ2n) is 2.06. The molecule has 0 radical (unpaired) electrons. The van der Waals surface area contributed by atoms with Crippen LogP contribution < -0.4 is 5.73 Å². The van der Waals surface area contributed by atoms with E-state index in [2.05, 4.69) is 20.9 Å². The summed E-state index contributed by atoms with van der Waals surface area (Å²) in [5.74, 6) is 0. The van der Waals surface area contributed by atoms with E-state index in [9.17, 15) is 0 Å². The van der Waals surface area contributed by atoms with Crippen LogP contribution in [0.2, 0.25) is 0 Å². The summed E-state index contributed by atoms with van der Waals surface area (Å²) in [6, 6.07) is 0.581. The molecule has 0 aromatic heterocycles. The van der Waals surface area contributed by atoms with E-state index < -0.39 is 0 Å². The van der Waals surface area contributed by atoms with Crippen molar-refractivity contribution in [2.75, 3.05) is 0 Å². The van der Waals surface area contributed by atoms with Gasteiger partial charge in [-0.2, -0.15) is 0 Å². The SMILES string of the molecule is NC=C(Br)C=NC1CC1. The third-order valence-electron chi connectivity index (χ3n) is 1.11. The van der Waals surface area contributed by atoms with Gasteiger partial charge in [0.15, 0.2) is 0 Å². The predicted molar refractivity (Wildman–Crippen MR) is 42.7 cm³/mol. The number of aliphatic imine (C=N–C) groups is 1. The van der Waals surface area contributed by atoms with Gasteiger partial charge < -0.3 is 5.73 Å². The molecule has 0 amide bonds. The van der Waals surface area contributed by atoms with Crippen molar-refractivity contribution in [1.82, 2.24) is 0 Å². The number of allylic oxidation sites excluding steroid dienone is 1. The molecule has 1 rings (SSSR count). The second-order valence-corrected chi connectivity index (χ2v) is 2.98. The third-order valence-corrected chi connectivity index (χ3v) is 1.58. The molecular weight excluding hydrogens is 180 g/mol. The fourth-order valence-electron chi connectivity index (χ4n) is 0.443. The summed E-state index contributed by atoms with van der Waals surface area (Å²) >= 11 is 3.22. The summed E-state index contributed by atoms with van der Waals surface area (Å²) in [4.78, 5) is 4.19. The van der Waals surface area contributed by atoms with Crippen molar-refractivity contribution >= 4 is 22.1 Å². The molecule has 0 saturated heterocycles. The van der Waals surface area contributed by atoms with Crippen LogP contribution in [-0.2, 0) is 0 Å². The van der Waals surface area contributed by atoms with Crippen LogP contribution in [0.5, 0.6) is 0 Å². The molecule has 1 fully saturated rings. The van der Waals surface area contributed by atoms with Gasteiger partial charge in [-0.05, 0) is 28.8 Å². The van der Waals surface area contributed by atoms with Gasteiger partial charge in [-0.3, -0.25) is 4.99 Å². The van der Waals surface area contributed by atoms with Gasteiger partial charge in [0.05, 0.1) is 10.5 Å². The maximum absolute atomic E-state index is 5.18. The van der Waals surface area contributed by atoms with Crippen molar-refractivity contribution in [1.29, 1.82) is 0 Å². The Morgan fingerprint density at radius 2 is 2.33 bits per heavy atom. The minimum Gasteiger partial charge on any atom is -0.404 e.